The van der Waals surface area contributed by atoms with Gasteiger partial charge >= 0.3 is 0 Å². The number of amides is 1. The van der Waals surface area contributed by atoms with Gasteiger partial charge in [-0.15, -0.1) is 0 Å². The van der Waals surface area contributed by atoms with Gasteiger partial charge in [-0.1, -0.05) is 12.8 Å². The van der Waals surface area contributed by atoms with E-state index in [9.17, 15) is 4.79 Å². The van der Waals surface area contributed by atoms with Crippen molar-refractivity contribution < 1.29 is 9.53 Å². The quantitative estimate of drug-likeness (QED) is 0.761. The number of carbonyl (C=O) groups excluding carboxylic acids is 1. The van der Waals surface area contributed by atoms with E-state index in [-0.39, 0.29) is 12.0 Å². The molecule has 0 aromatic heterocycles. The second-order valence-electron chi connectivity index (χ2n) is 6.10. The SMILES string of the molecule is O=C(C1CNCCO1)N1CCC2(CCCC2)CC1. The van der Waals surface area contributed by atoms with E-state index in [1.165, 1.54) is 38.5 Å². The van der Waals surface area contributed by atoms with Gasteiger partial charge in [-0.2, -0.15) is 0 Å². The molecule has 102 valence electrons. The Morgan fingerprint density at radius 1 is 1.17 bits per heavy atom. The number of carbonyl (C=O) groups is 1. The number of morpholine rings is 1. The standard InChI is InChI=1S/C14H24N2O2/c17-13(12-11-15-7-10-18-12)16-8-5-14(6-9-16)3-1-2-4-14/h12,15H,1-11H2. The van der Waals surface area contributed by atoms with E-state index >= 15 is 0 Å². The third-order valence-electron chi connectivity index (χ3n) is 5.00. The average molecular weight is 252 g/mol. The maximum atomic E-state index is 12.3. The number of nitrogens with zero attached hydrogens (tertiary/aromatic N) is 1. The van der Waals surface area contributed by atoms with Gasteiger partial charge in [0.25, 0.3) is 5.91 Å². The van der Waals surface area contributed by atoms with Crippen LogP contribution >= 0.6 is 0 Å². The van der Waals surface area contributed by atoms with Crippen LogP contribution in [0.25, 0.3) is 0 Å². The minimum atomic E-state index is -0.239. The van der Waals surface area contributed by atoms with E-state index in [2.05, 4.69) is 5.32 Å². The molecule has 4 heteroatoms. The first-order valence-corrected chi connectivity index (χ1v) is 7.40. The fraction of sp³-hybridized carbons (Fsp3) is 0.929. The molecule has 4 nitrogen and oxygen atoms in total. The predicted octanol–water partition coefficient (Wildman–Crippen LogP) is 1.16. The zero-order chi connectivity index (χ0) is 12.4. The molecule has 0 radical (unpaired) electrons. The van der Waals surface area contributed by atoms with Crippen molar-refractivity contribution in [3.05, 3.63) is 0 Å². The zero-order valence-electron chi connectivity index (χ0n) is 11.1. The Hall–Kier alpha value is -0.610. The largest absolute Gasteiger partial charge is 0.366 e. The summed E-state index contributed by atoms with van der Waals surface area (Å²) in [6, 6.07) is 0. The minimum absolute atomic E-state index is 0.204. The fourth-order valence-corrected chi connectivity index (χ4v) is 3.75. The number of nitrogens with one attached hydrogen (secondary N) is 1. The second-order valence-corrected chi connectivity index (χ2v) is 6.10. The Bertz CT molecular complexity index is 297. The number of likely N-dealkylation sites (tertiary alicyclic amines) is 1. The minimum Gasteiger partial charge on any atom is -0.366 e. The van der Waals surface area contributed by atoms with E-state index in [1.807, 2.05) is 4.90 Å². The molecule has 3 aliphatic rings. The number of hydrogen-bond acceptors (Lipinski definition) is 3. The van der Waals surface area contributed by atoms with Crippen LogP contribution in [-0.4, -0.2) is 49.7 Å². The number of rotatable bonds is 1. The molecule has 1 saturated carbocycles. The lowest BCUT2D eigenvalue weighted by atomic mass is 9.77. The molecule has 2 aliphatic heterocycles. The van der Waals surface area contributed by atoms with Crippen molar-refractivity contribution in [1.82, 2.24) is 10.2 Å². The lowest BCUT2D eigenvalue weighted by Crippen LogP contribution is -2.52. The van der Waals surface area contributed by atoms with E-state index in [1.54, 1.807) is 0 Å². The summed E-state index contributed by atoms with van der Waals surface area (Å²) in [6.07, 6.45) is 7.73. The number of ether oxygens (including phenoxy) is 1. The molecule has 0 aromatic carbocycles. The van der Waals surface area contributed by atoms with Crippen LogP contribution in [-0.2, 0) is 9.53 Å². The van der Waals surface area contributed by atoms with Crippen LogP contribution in [0.3, 0.4) is 0 Å². The third kappa shape index (κ3) is 2.41. The topological polar surface area (TPSA) is 41.6 Å². The average Bonchev–Trinajstić information content (AvgIpc) is 2.88. The van der Waals surface area contributed by atoms with E-state index in [0.29, 0.717) is 18.6 Å². The molecule has 1 aliphatic carbocycles. The summed E-state index contributed by atoms with van der Waals surface area (Å²) in [5, 5.41) is 3.23. The van der Waals surface area contributed by atoms with Gasteiger partial charge in [0.15, 0.2) is 0 Å². The van der Waals surface area contributed by atoms with Gasteiger partial charge in [0.1, 0.15) is 6.10 Å². The van der Waals surface area contributed by atoms with E-state index in [0.717, 1.165) is 19.6 Å². The molecule has 18 heavy (non-hydrogen) atoms. The number of piperidine rings is 1. The second kappa shape index (κ2) is 5.17. The molecule has 3 rings (SSSR count). The molecule has 1 atom stereocenters. The summed E-state index contributed by atoms with van der Waals surface area (Å²) in [4.78, 5) is 14.3. The maximum Gasteiger partial charge on any atom is 0.253 e. The highest BCUT2D eigenvalue weighted by atomic mass is 16.5. The van der Waals surface area contributed by atoms with Crippen LogP contribution in [0.4, 0.5) is 0 Å². The van der Waals surface area contributed by atoms with Gasteiger partial charge in [0.2, 0.25) is 0 Å². The zero-order valence-corrected chi connectivity index (χ0v) is 11.1. The molecular weight excluding hydrogens is 228 g/mol. The first-order valence-electron chi connectivity index (χ1n) is 7.40. The highest BCUT2D eigenvalue weighted by Crippen LogP contribution is 2.46. The Morgan fingerprint density at radius 2 is 1.89 bits per heavy atom. The van der Waals surface area contributed by atoms with Crippen molar-refractivity contribution in [3.63, 3.8) is 0 Å². The van der Waals surface area contributed by atoms with Crippen LogP contribution in [0.2, 0.25) is 0 Å². The Kier molecular flexibility index (Phi) is 3.57. The van der Waals surface area contributed by atoms with E-state index < -0.39 is 0 Å². The Balaban J connectivity index is 1.53. The van der Waals surface area contributed by atoms with Crippen molar-refractivity contribution in [2.45, 2.75) is 44.6 Å². The van der Waals surface area contributed by atoms with Crippen molar-refractivity contribution in [2.24, 2.45) is 5.41 Å². The smallest absolute Gasteiger partial charge is 0.253 e. The van der Waals surface area contributed by atoms with E-state index in [4.69, 9.17) is 4.74 Å². The molecule has 0 bridgehead atoms. The monoisotopic (exact) mass is 252 g/mol. The fourth-order valence-electron chi connectivity index (χ4n) is 3.75. The normalized spacial score (nSPS) is 31.8. The number of hydrogen-bond donors (Lipinski definition) is 1. The van der Waals surface area contributed by atoms with Gasteiger partial charge in [0, 0.05) is 26.2 Å². The van der Waals surface area contributed by atoms with Crippen molar-refractivity contribution >= 4 is 5.91 Å². The van der Waals surface area contributed by atoms with Gasteiger partial charge in [-0.25, -0.2) is 0 Å². The molecule has 1 unspecified atom stereocenters. The summed E-state index contributed by atoms with van der Waals surface area (Å²) in [7, 11) is 0. The lowest BCUT2D eigenvalue weighted by Gasteiger charge is -2.40. The summed E-state index contributed by atoms with van der Waals surface area (Å²) >= 11 is 0. The molecule has 1 spiro atoms. The maximum absolute atomic E-state index is 12.3. The third-order valence-corrected chi connectivity index (χ3v) is 5.00. The molecule has 0 aromatic rings. The van der Waals surface area contributed by atoms with Gasteiger partial charge < -0.3 is 15.0 Å². The molecule has 2 heterocycles. The van der Waals surface area contributed by atoms with Gasteiger partial charge in [-0.05, 0) is 31.1 Å². The Morgan fingerprint density at radius 3 is 2.50 bits per heavy atom. The van der Waals surface area contributed by atoms with Crippen molar-refractivity contribution in [3.8, 4) is 0 Å². The summed E-state index contributed by atoms with van der Waals surface area (Å²) in [5.41, 5.74) is 0.586. The van der Waals surface area contributed by atoms with Gasteiger partial charge in [0.05, 0.1) is 6.61 Å². The molecule has 1 N–H and O–H groups in total. The first kappa shape index (κ1) is 12.4. The highest BCUT2D eigenvalue weighted by molar-refractivity contribution is 5.81. The Labute approximate surface area is 109 Å². The lowest BCUT2D eigenvalue weighted by molar-refractivity contribution is -0.147. The van der Waals surface area contributed by atoms with Gasteiger partial charge in [-0.3, -0.25) is 4.79 Å². The molecule has 2 saturated heterocycles. The molecule has 3 fully saturated rings. The molecular formula is C14H24N2O2. The molecule has 1 amide bonds. The first-order chi connectivity index (χ1) is 8.79. The van der Waals surface area contributed by atoms with Crippen LogP contribution in [0, 0.1) is 5.41 Å². The van der Waals surface area contributed by atoms with Crippen molar-refractivity contribution in [2.75, 3.05) is 32.8 Å². The van der Waals surface area contributed by atoms with Crippen LogP contribution in [0.1, 0.15) is 38.5 Å². The summed E-state index contributed by atoms with van der Waals surface area (Å²) < 4.78 is 5.56. The van der Waals surface area contributed by atoms with Crippen LogP contribution in [0.5, 0.6) is 0 Å². The van der Waals surface area contributed by atoms with Crippen LogP contribution < -0.4 is 5.32 Å². The summed E-state index contributed by atoms with van der Waals surface area (Å²) in [6.45, 7) is 4.10. The highest BCUT2D eigenvalue weighted by Gasteiger charge is 2.39. The summed E-state index contributed by atoms with van der Waals surface area (Å²) in [5.74, 6) is 0.204. The van der Waals surface area contributed by atoms with Crippen LogP contribution in [0.15, 0.2) is 0 Å². The van der Waals surface area contributed by atoms with Crippen molar-refractivity contribution in [1.29, 1.82) is 0 Å². The predicted molar refractivity (Wildman–Crippen MR) is 69.3 cm³/mol.